The van der Waals surface area contributed by atoms with E-state index in [4.69, 9.17) is 0 Å². The van der Waals surface area contributed by atoms with Crippen molar-refractivity contribution in [2.24, 2.45) is 0 Å². The van der Waals surface area contributed by atoms with E-state index in [-0.39, 0.29) is 12.3 Å². The zero-order valence-electron chi connectivity index (χ0n) is 8.44. The Kier molecular flexibility index (Phi) is 3.01. The van der Waals surface area contributed by atoms with Crippen molar-refractivity contribution in [2.45, 2.75) is 12.7 Å². The summed E-state index contributed by atoms with van der Waals surface area (Å²) >= 11 is 1.25. The van der Waals surface area contributed by atoms with Crippen LogP contribution >= 0.6 is 11.3 Å². The van der Waals surface area contributed by atoms with Crippen LogP contribution in [0.2, 0.25) is 0 Å². The summed E-state index contributed by atoms with van der Waals surface area (Å²) in [4.78, 5) is 12.1. The van der Waals surface area contributed by atoms with Crippen molar-refractivity contribution >= 4 is 17.1 Å². The Balaban J connectivity index is 2.10. The van der Waals surface area contributed by atoms with Crippen molar-refractivity contribution in [2.75, 3.05) is 0 Å². The van der Waals surface area contributed by atoms with Gasteiger partial charge < -0.3 is 0 Å². The van der Waals surface area contributed by atoms with Gasteiger partial charge in [0.1, 0.15) is 6.54 Å². The largest absolute Gasteiger partial charge is 0.419 e. The van der Waals surface area contributed by atoms with E-state index in [1.54, 1.807) is 17.5 Å². The Bertz CT molecular complexity index is 516. The highest BCUT2D eigenvalue weighted by Crippen LogP contribution is 2.28. The van der Waals surface area contributed by atoms with Crippen LogP contribution in [0.15, 0.2) is 29.9 Å². The van der Waals surface area contributed by atoms with Gasteiger partial charge in [-0.05, 0) is 11.4 Å². The number of aromatic nitrogens is 2. The lowest BCUT2D eigenvalue weighted by atomic mass is 10.3. The topological polar surface area (TPSA) is 34.9 Å². The molecular formula is C10H7F3N2OS. The minimum Gasteiger partial charge on any atom is -0.291 e. The molecule has 0 fully saturated rings. The van der Waals surface area contributed by atoms with E-state index in [0.29, 0.717) is 11.1 Å². The van der Waals surface area contributed by atoms with Gasteiger partial charge in [-0.3, -0.25) is 9.48 Å². The van der Waals surface area contributed by atoms with Gasteiger partial charge in [0, 0.05) is 6.20 Å². The Morgan fingerprint density at radius 3 is 2.76 bits per heavy atom. The SMILES string of the molecule is O=C(Cn1cc(C(F)(F)F)cn1)c1cccs1. The van der Waals surface area contributed by atoms with Crippen LogP contribution in [0, 0.1) is 0 Å². The van der Waals surface area contributed by atoms with Gasteiger partial charge in [-0.1, -0.05) is 6.07 Å². The summed E-state index contributed by atoms with van der Waals surface area (Å²) in [6.07, 6.45) is -2.89. The Hall–Kier alpha value is -1.63. The highest BCUT2D eigenvalue weighted by molar-refractivity contribution is 7.12. The first kappa shape index (κ1) is 11.8. The van der Waals surface area contributed by atoms with Crippen LogP contribution in [0.25, 0.3) is 0 Å². The number of carbonyl (C=O) groups excluding carboxylic acids is 1. The predicted octanol–water partition coefficient (Wildman–Crippen LogP) is 2.85. The fourth-order valence-corrected chi connectivity index (χ4v) is 1.92. The first-order valence-corrected chi connectivity index (χ1v) is 5.51. The first-order chi connectivity index (χ1) is 7.97. The molecule has 3 nitrogen and oxygen atoms in total. The quantitative estimate of drug-likeness (QED) is 0.795. The minimum absolute atomic E-state index is 0.184. The summed E-state index contributed by atoms with van der Waals surface area (Å²) in [5.41, 5.74) is -0.850. The lowest BCUT2D eigenvalue weighted by Crippen LogP contribution is -2.10. The van der Waals surface area contributed by atoms with Gasteiger partial charge >= 0.3 is 6.18 Å². The van der Waals surface area contributed by atoms with Crippen LogP contribution in [0.1, 0.15) is 15.2 Å². The van der Waals surface area contributed by atoms with Gasteiger partial charge in [-0.25, -0.2) is 0 Å². The van der Waals surface area contributed by atoms with Crippen LogP contribution < -0.4 is 0 Å². The third-order valence-electron chi connectivity index (χ3n) is 2.06. The van der Waals surface area contributed by atoms with E-state index in [2.05, 4.69) is 5.10 Å². The molecule has 0 aliphatic carbocycles. The molecule has 7 heteroatoms. The van der Waals surface area contributed by atoms with E-state index in [1.165, 1.54) is 11.3 Å². The van der Waals surface area contributed by atoms with E-state index in [1.807, 2.05) is 0 Å². The number of nitrogens with zero attached hydrogens (tertiary/aromatic N) is 2. The molecule has 0 radical (unpaired) electrons. The van der Waals surface area contributed by atoms with Crippen LogP contribution in [-0.2, 0) is 12.7 Å². The van der Waals surface area contributed by atoms with Crippen molar-refractivity contribution in [1.82, 2.24) is 9.78 Å². The number of hydrogen-bond acceptors (Lipinski definition) is 3. The fourth-order valence-electron chi connectivity index (χ4n) is 1.26. The summed E-state index contributed by atoms with van der Waals surface area (Å²) in [6, 6.07) is 3.34. The number of rotatable bonds is 3. The van der Waals surface area contributed by atoms with Gasteiger partial charge in [-0.15, -0.1) is 11.3 Å². The van der Waals surface area contributed by atoms with E-state index in [9.17, 15) is 18.0 Å². The second kappa shape index (κ2) is 4.33. The molecule has 17 heavy (non-hydrogen) atoms. The monoisotopic (exact) mass is 260 g/mol. The van der Waals surface area contributed by atoms with Crippen LogP contribution in [0.5, 0.6) is 0 Å². The molecule has 2 aromatic heterocycles. The lowest BCUT2D eigenvalue weighted by Gasteiger charge is -2.01. The van der Waals surface area contributed by atoms with Crippen LogP contribution in [-0.4, -0.2) is 15.6 Å². The van der Waals surface area contributed by atoms with Gasteiger partial charge in [0.25, 0.3) is 0 Å². The Morgan fingerprint density at radius 2 is 2.24 bits per heavy atom. The highest BCUT2D eigenvalue weighted by Gasteiger charge is 2.32. The second-order valence-electron chi connectivity index (χ2n) is 3.32. The third-order valence-corrected chi connectivity index (χ3v) is 2.97. The van der Waals surface area contributed by atoms with Crippen molar-refractivity contribution in [1.29, 1.82) is 0 Å². The number of Topliss-reactive ketones (excluding diaryl/α,β-unsaturated/α-hetero) is 1. The molecule has 0 N–H and O–H groups in total. The molecule has 2 aromatic rings. The van der Waals surface area contributed by atoms with E-state index in [0.717, 1.165) is 10.9 Å². The molecule has 0 aromatic carbocycles. The zero-order valence-corrected chi connectivity index (χ0v) is 9.26. The zero-order chi connectivity index (χ0) is 12.5. The average Bonchev–Trinajstić information content (AvgIpc) is 2.85. The summed E-state index contributed by atoms with van der Waals surface area (Å²) in [5, 5.41) is 5.25. The van der Waals surface area contributed by atoms with Crippen LogP contribution in [0.4, 0.5) is 13.2 Å². The molecule has 0 saturated carbocycles. The molecular weight excluding hydrogens is 253 g/mol. The predicted molar refractivity (Wildman–Crippen MR) is 55.9 cm³/mol. The number of ketones is 1. The van der Waals surface area contributed by atoms with Crippen molar-refractivity contribution < 1.29 is 18.0 Å². The highest BCUT2D eigenvalue weighted by atomic mass is 32.1. The number of hydrogen-bond donors (Lipinski definition) is 0. The second-order valence-corrected chi connectivity index (χ2v) is 4.27. The summed E-state index contributed by atoms with van der Waals surface area (Å²) in [5.74, 6) is -0.253. The molecule has 90 valence electrons. The first-order valence-electron chi connectivity index (χ1n) is 4.63. The van der Waals surface area contributed by atoms with Gasteiger partial charge in [-0.2, -0.15) is 18.3 Å². The number of thiophene rings is 1. The van der Waals surface area contributed by atoms with Crippen LogP contribution in [0.3, 0.4) is 0 Å². The van der Waals surface area contributed by atoms with E-state index >= 15 is 0 Å². The van der Waals surface area contributed by atoms with Gasteiger partial charge in [0.2, 0.25) is 0 Å². The number of carbonyl (C=O) groups is 1. The standard InChI is InChI=1S/C10H7F3N2OS/c11-10(12,13)7-4-14-15(5-7)6-8(16)9-2-1-3-17-9/h1-5H,6H2. The maximum Gasteiger partial charge on any atom is 0.419 e. The minimum atomic E-state index is -4.43. The molecule has 0 spiro atoms. The average molecular weight is 260 g/mol. The molecule has 2 rings (SSSR count). The molecule has 0 unspecified atom stereocenters. The molecule has 0 aliphatic rings. The lowest BCUT2D eigenvalue weighted by molar-refractivity contribution is -0.137. The van der Waals surface area contributed by atoms with Crippen molar-refractivity contribution in [3.8, 4) is 0 Å². The van der Waals surface area contributed by atoms with Gasteiger partial charge in [0.05, 0.1) is 16.6 Å². The molecule has 0 bridgehead atoms. The van der Waals surface area contributed by atoms with E-state index < -0.39 is 11.7 Å². The number of halogens is 3. The Morgan fingerprint density at radius 1 is 1.47 bits per heavy atom. The summed E-state index contributed by atoms with van der Waals surface area (Å²) < 4.78 is 37.8. The van der Waals surface area contributed by atoms with Crippen molar-refractivity contribution in [3.05, 3.63) is 40.3 Å². The fraction of sp³-hybridized carbons (Fsp3) is 0.200. The maximum absolute atomic E-state index is 12.3. The summed E-state index contributed by atoms with van der Waals surface area (Å²) in [6.45, 7) is -0.184. The van der Waals surface area contributed by atoms with Gasteiger partial charge in [0.15, 0.2) is 5.78 Å². The Labute approximate surface area is 98.5 Å². The molecule has 0 atom stereocenters. The smallest absolute Gasteiger partial charge is 0.291 e. The molecule has 0 saturated heterocycles. The summed E-state index contributed by atoms with van der Waals surface area (Å²) in [7, 11) is 0. The molecule has 0 amide bonds. The maximum atomic E-state index is 12.3. The normalized spacial score (nSPS) is 11.7. The third kappa shape index (κ3) is 2.73. The van der Waals surface area contributed by atoms with Crippen molar-refractivity contribution in [3.63, 3.8) is 0 Å². The molecule has 0 aliphatic heterocycles. The molecule has 2 heterocycles. The number of alkyl halides is 3.